The number of hydrogen-bond donors (Lipinski definition) is 1. The molecule has 0 aliphatic rings. The average molecular weight is 301 g/mol. The number of aryl methyl sites for hydroxylation is 1. The van der Waals surface area contributed by atoms with Gasteiger partial charge >= 0.3 is 5.51 Å². The number of thioether (sulfide) groups is 1. The molecule has 0 aliphatic carbocycles. The van der Waals surface area contributed by atoms with Crippen molar-refractivity contribution in [3.63, 3.8) is 0 Å². The zero-order valence-electron chi connectivity index (χ0n) is 10.8. The van der Waals surface area contributed by atoms with Crippen LogP contribution in [0.25, 0.3) is 0 Å². The molecule has 7 heteroatoms. The SMILES string of the molecule is CCn1nccc1CNc1ccccc1SC(F)(F)F. The van der Waals surface area contributed by atoms with Crippen LogP contribution in [0.1, 0.15) is 12.6 Å². The Morgan fingerprint density at radius 2 is 2.00 bits per heavy atom. The van der Waals surface area contributed by atoms with Gasteiger partial charge < -0.3 is 5.32 Å². The van der Waals surface area contributed by atoms with Crippen molar-refractivity contribution in [1.82, 2.24) is 9.78 Å². The van der Waals surface area contributed by atoms with Crippen molar-refractivity contribution in [2.45, 2.75) is 30.4 Å². The Morgan fingerprint density at radius 3 is 2.70 bits per heavy atom. The fraction of sp³-hybridized carbons (Fsp3) is 0.308. The van der Waals surface area contributed by atoms with Crippen molar-refractivity contribution in [3.8, 4) is 0 Å². The van der Waals surface area contributed by atoms with Gasteiger partial charge in [0.1, 0.15) is 0 Å². The molecule has 2 rings (SSSR count). The highest BCUT2D eigenvalue weighted by Gasteiger charge is 2.30. The summed E-state index contributed by atoms with van der Waals surface area (Å²) in [4.78, 5) is 0.169. The average Bonchev–Trinajstić information content (AvgIpc) is 2.83. The Bertz CT molecular complexity index is 566. The Kier molecular flexibility index (Phi) is 4.59. The molecule has 0 aliphatic heterocycles. The smallest absolute Gasteiger partial charge is 0.378 e. The van der Waals surface area contributed by atoms with Gasteiger partial charge in [-0.25, -0.2) is 0 Å². The van der Waals surface area contributed by atoms with Crippen LogP contribution < -0.4 is 5.32 Å². The fourth-order valence-electron chi connectivity index (χ4n) is 1.81. The van der Waals surface area contributed by atoms with E-state index >= 15 is 0 Å². The first-order valence-corrected chi connectivity index (χ1v) is 6.90. The molecule has 0 bridgehead atoms. The van der Waals surface area contributed by atoms with Gasteiger partial charge in [0.05, 0.1) is 12.2 Å². The monoisotopic (exact) mass is 301 g/mol. The number of rotatable bonds is 5. The standard InChI is InChI=1S/C13H14F3N3S/c1-2-19-10(7-8-18-19)9-17-11-5-3-4-6-12(11)20-13(14,15)16/h3-8,17H,2,9H2,1H3. The van der Waals surface area contributed by atoms with Crippen molar-refractivity contribution in [3.05, 3.63) is 42.2 Å². The van der Waals surface area contributed by atoms with Crippen molar-refractivity contribution < 1.29 is 13.2 Å². The molecule has 2 aromatic rings. The van der Waals surface area contributed by atoms with E-state index in [2.05, 4.69) is 10.4 Å². The first-order chi connectivity index (χ1) is 9.49. The molecule has 0 saturated carbocycles. The van der Waals surface area contributed by atoms with Gasteiger partial charge in [-0.1, -0.05) is 12.1 Å². The van der Waals surface area contributed by atoms with Gasteiger partial charge in [0.15, 0.2) is 0 Å². The van der Waals surface area contributed by atoms with Crippen LogP contribution >= 0.6 is 11.8 Å². The molecule has 108 valence electrons. The minimum atomic E-state index is -4.29. The Balaban J connectivity index is 2.10. The van der Waals surface area contributed by atoms with Gasteiger partial charge in [-0.05, 0) is 36.9 Å². The van der Waals surface area contributed by atoms with E-state index in [4.69, 9.17) is 0 Å². The number of nitrogens with one attached hydrogen (secondary N) is 1. The van der Waals surface area contributed by atoms with Crippen LogP contribution in [0.3, 0.4) is 0 Å². The highest BCUT2D eigenvalue weighted by Crippen LogP contribution is 2.40. The minimum absolute atomic E-state index is 0.110. The number of hydrogen-bond acceptors (Lipinski definition) is 3. The molecule has 1 aromatic carbocycles. The quantitative estimate of drug-likeness (QED) is 0.842. The van der Waals surface area contributed by atoms with Gasteiger partial charge in [0, 0.05) is 23.3 Å². The lowest BCUT2D eigenvalue weighted by Gasteiger charge is -2.13. The van der Waals surface area contributed by atoms with Crippen molar-refractivity contribution in [2.24, 2.45) is 0 Å². The molecule has 0 fully saturated rings. The first-order valence-electron chi connectivity index (χ1n) is 6.09. The summed E-state index contributed by atoms with van der Waals surface area (Å²) in [6, 6.07) is 8.24. The van der Waals surface area contributed by atoms with Crippen molar-refractivity contribution in [1.29, 1.82) is 0 Å². The minimum Gasteiger partial charge on any atom is -0.378 e. The molecule has 0 atom stereocenters. The van der Waals surface area contributed by atoms with Gasteiger partial charge in [0.2, 0.25) is 0 Å². The van der Waals surface area contributed by atoms with E-state index in [1.807, 2.05) is 13.0 Å². The second-order valence-corrected chi connectivity index (χ2v) is 5.14. The van der Waals surface area contributed by atoms with Gasteiger partial charge in [-0.2, -0.15) is 18.3 Å². The number of benzene rings is 1. The van der Waals surface area contributed by atoms with E-state index in [1.54, 1.807) is 29.1 Å². The third-order valence-electron chi connectivity index (χ3n) is 2.68. The van der Waals surface area contributed by atoms with Crippen LogP contribution in [0.2, 0.25) is 0 Å². The Morgan fingerprint density at radius 1 is 1.25 bits per heavy atom. The summed E-state index contributed by atoms with van der Waals surface area (Å²) in [5, 5.41) is 7.15. The maximum Gasteiger partial charge on any atom is 0.446 e. The Labute approximate surface area is 119 Å². The van der Waals surface area contributed by atoms with Crippen molar-refractivity contribution in [2.75, 3.05) is 5.32 Å². The number of anilines is 1. The number of halogens is 3. The zero-order valence-corrected chi connectivity index (χ0v) is 11.6. The number of aromatic nitrogens is 2. The summed E-state index contributed by atoms with van der Waals surface area (Å²) in [5.74, 6) is 0. The van der Waals surface area contributed by atoms with Gasteiger partial charge in [-0.15, -0.1) is 0 Å². The highest BCUT2D eigenvalue weighted by molar-refractivity contribution is 8.00. The van der Waals surface area contributed by atoms with Crippen LogP contribution in [-0.4, -0.2) is 15.3 Å². The van der Waals surface area contributed by atoms with Crippen LogP contribution in [0.4, 0.5) is 18.9 Å². The predicted octanol–water partition coefficient (Wildman–Crippen LogP) is 4.13. The fourth-order valence-corrected chi connectivity index (χ4v) is 2.45. The van der Waals surface area contributed by atoms with E-state index in [1.165, 1.54) is 6.07 Å². The third-order valence-corrected chi connectivity index (χ3v) is 3.48. The first kappa shape index (κ1) is 14.8. The molecular weight excluding hydrogens is 287 g/mol. The van der Waals surface area contributed by atoms with Crippen LogP contribution in [0.15, 0.2) is 41.4 Å². The molecule has 0 spiro atoms. The maximum absolute atomic E-state index is 12.5. The van der Waals surface area contributed by atoms with Crippen LogP contribution in [0.5, 0.6) is 0 Å². The highest BCUT2D eigenvalue weighted by atomic mass is 32.2. The summed E-state index contributed by atoms with van der Waals surface area (Å²) in [7, 11) is 0. The van der Waals surface area contributed by atoms with Crippen LogP contribution in [-0.2, 0) is 13.1 Å². The maximum atomic E-state index is 12.5. The van der Waals surface area contributed by atoms with E-state index in [9.17, 15) is 13.2 Å². The van der Waals surface area contributed by atoms with E-state index in [0.29, 0.717) is 12.2 Å². The normalized spacial score (nSPS) is 11.6. The van der Waals surface area contributed by atoms with E-state index in [0.717, 1.165) is 12.2 Å². The molecule has 0 saturated heterocycles. The van der Waals surface area contributed by atoms with Gasteiger partial charge in [0.25, 0.3) is 0 Å². The zero-order chi connectivity index (χ0) is 14.6. The van der Waals surface area contributed by atoms with E-state index in [-0.39, 0.29) is 16.7 Å². The summed E-state index contributed by atoms with van der Waals surface area (Å²) in [6.07, 6.45) is 1.68. The van der Waals surface area contributed by atoms with Gasteiger partial charge in [-0.3, -0.25) is 4.68 Å². The second kappa shape index (κ2) is 6.21. The lowest BCUT2D eigenvalue weighted by Crippen LogP contribution is -2.09. The molecule has 1 heterocycles. The lowest BCUT2D eigenvalue weighted by atomic mass is 10.3. The lowest BCUT2D eigenvalue weighted by molar-refractivity contribution is -0.0327. The van der Waals surface area contributed by atoms with Crippen LogP contribution in [0, 0.1) is 0 Å². The molecule has 1 aromatic heterocycles. The summed E-state index contributed by atoms with van der Waals surface area (Å²) in [6.45, 7) is 3.12. The topological polar surface area (TPSA) is 29.9 Å². The second-order valence-electron chi connectivity index (χ2n) is 4.04. The summed E-state index contributed by atoms with van der Waals surface area (Å²) in [5.41, 5.74) is -2.89. The third kappa shape index (κ3) is 3.93. The molecule has 20 heavy (non-hydrogen) atoms. The van der Waals surface area contributed by atoms with Crippen molar-refractivity contribution >= 4 is 17.4 Å². The predicted molar refractivity (Wildman–Crippen MR) is 73.6 cm³/mol. The molecule has 1 N–H and O–H groups in total. The molecular formula is C13H14F3N3S. The summed E-state index contributed by atoms with van der Waals surface area (Å²) >= 11 is -0.110. The number of alkyl halides is 3. The molecule has 3 nitrogen and oxygen atoms in total. The molecule has 0 unspecified atom stereocenters. The number of para-hydroxylation sites is 1. The number of nitrogens with zero attached hydrogens (tertiary/aromatic N) is 2. The van der Waals surface area contributed by atoms with E-state index < -0.39 is 5.51 Å². The summed E-state index contributed by atoms with van der Waals surface area (Å²) < 4.78 is 39.2. The largest absolute Gasteiger partial charge is 0.446 e. The molecule has 0 amide bonds. The molecule has 0 radical (unpaired) electrons. The Hall–Kier alpha value is -1.63.